The minimum absolute atomic E-state index is 0.0821. The molecule has 0 aliphatic heterocycles. The SMILES string of the molecule is Cc1ccc(C(=O)OCC(C)OC(=O)c2ccc3cc(C(=O)OCC(C)OC(=O)c4ccc(C)cc4)ccc3c2)cc1. The second-order valence-electron chi connectivity index (χ2n) is 10.1. The molecule has 4 aromatic rings. The first-order valence-electron chi connectivity index (χ1n) is 13.5. The van der Waals surface area contributed by atoms with Crippen LogP contribution in [-0.2, 0) is 18.9 Å². The maximum Gasteiger partial charge on any atom is 0.338 e. The molecule has 2 atom stereocenters. The van der Waals surface area contributed by atoms with Gasteiger partial charge < -0.3 is 18.9 Å². The molecule has 0 radical (unpaired) electrons. The first-order valence-corrected chi connectivity index (χ1v) is 13.5. The third-order valence-corrected chi connectivity index (χ3v) is 6.40. The number of hydrogen-bond donors (Lipinski definition) is 0. The summed E-state index contributed by atoms with van der Waals surface area (Å²) in [5.74, 6) is -2.10. The Hall–Kier alpha value is -4.98. The maximum atomic E-state index is 12.7. The van der Waals surface area contributed by atoms with Crippen LogP contribution in [0.15, 0.2) is 84.9 Å². The van der Waals surface area contributed by atoms with E-state index >= 15 is 0 Å². The third-order valence-electron chi connectivity index (χ3n) is 6.40. The van der Waals surface area contributed by atoms with Gasteiger partial charge in [0.15, 0.2) is 0 Å². The predicted octanol–water partition coefficient (Wildman–Crippen LogP) is 6.26. The number of fused-ring (bicyclic) bond motifs is 1. The van der Waals surface area contributed by atoms with E-state index in [4.69, 9.17) is 18.9 Å². The van der Waals surface area contributed by atoms with E-state index in [0.29, 0.717) is 22.3 Å². The molecular formula is C34H32O8. The number of esters is 4. The summed E-state index contributed by atoms with van der Waals surface area (Å²) in [6, 6.07) is 23.9. The van der Waals surface area contributed by atoms with Gasteiger partial charge in [0, 0.05) is 0 Å². The van der Waals surface area contributed by atoms with Crippen LogP contribution in [0.3, 0.4) is 0 Å². The molecule has 0 N–H and O–H groups in total. The highest BCUT2D eigenvalue weighted by Crippen LogP contribution is 2.20. The van der Waals surface area contributed by atoms with Gasteiger partial charge in [-0.1, -0.05) is 47.5 Å². The van der Waals surface area contributed by atoms with Gasteiger partial charge in [0.25, 0.3) is 0 Å². The van der Waals surface area contributed by atoms with E-state index in [2.05, 4.69) is 0 Å². The lowest BCUT2D eigenvalue weighted by Gasteiger charge is -2.14. The van der Waals surface area contributed by atoms with Crippen molar-refractivity contribution in [2.45, 2.75) is 39.9 Å². The second-order valence-corrected chi connectivity index (χ2v) is 10.1. The van der Waals surface area contributed by atoms with Gasteiger partial charge in [0.2, 0.25) is 0 Å². The molecule has 8 nitrogen and oxygen atoms in total. The molecule has 4 rings (SSSR count). The average Bonchev–Trinajstić information content (AvgIpc) is 2.98. The lowest BCUT2D eigenvalue weighted by atomic mass is 10.0. The predicted molar refractivity (Wildman–Crippen MR) is 157 cm³/mol. The maximum absolute atomic E-state index is 12.7. The number of ether oxygens (including phenoxy) is 4. The summed E-state index contributed by atoms with van der Waals surface area (Å²) in [6.07, 6.45) is -1.29. The van der Waals surface area contributed by atoms with Crippen molar-refractivity contribution in [3.63, 3.8) is 0 Å². The Morgan fingerprint density at radius 2 is 0.833 bits per heavy atom. The molecular weight excluding hydrogens is 536 g/mol. The highest BCUT2D eigenvalue weighted by Gasteiger charge is 2.18. The van der Waals surface area contributed by atoms with Crippen LogP contribution in [0, 0.1) is 13.8 Å². The molecule has 0 aliphatic rings. The smallest absolute Gasteiger partial charge is 0.338 e. The monoisotopic (exact) mass is 568 g/mol. The molecule has 216 valence electrons. The number of rotatable bonds is 10. The fraction of sp³-hybridized carbons (Fsp3) is 0.235. The molecule has 0 spiro atoms. The van der Waals surface area contributed by atoms with Crippen LogP contribution in [0.4, 0.5) is 0 Å². The highest BCUT2D eigenvalue weighted by atomic mass is 16.6. The van der Waals surface area contributed by atoms with E-state index in [1.54, 1.807) is 74.5 Å². The van der Waals surface area contributed by atoms with Crippen molar-refractivity contribution < 1.29 is 38.1 Å². The summed E-state index contributed by atoms with van der Waals surface area (Å²) in [6.45, 7) is 6.96. The van der Waals surface area contributed by atoms with Crippen molar-refractivity contribution in [2.24, 2.45) is 0 Å². The highest BCUT2D eigenvalue weighted by molar-refractivity contribution is 5.99. The molecule has 2 unspecified atom stereocenters. The number of benzene rings is 4. The Bertz CT molecular complexity index is 1590. The Balaban J connectivity index is 1.28. The molecule has 42 heavy (non-hydrogen) atoms. The summed E-state index contributed by atoms with van der Waals surface area (Å²) < 4.78 is 21.4. The summed E-state index contributed by atoms with van der Waals surface area (Å²) in [4.78, 5) is 49.8. The minimum Gasteiger partial charge on any atom is -0.458 e. The Labute approximate surface area is 244 Å². The Kier molecular flexibility index (Phi) is 9.70. The number of carbonyl (C=O) groups excluding carboxylic acids is 4. The molecule has 4 aromatic carbocycles. The molecule has 0 fully saturated rings. The van der Waals surface area contributed by atoms with Crippen LogP contribution in [-0.4, -0.2) is 49.3 Å². The van der Waals surface area contributed by atoms with Gasteiger partial charge in [-0.3, -0.25) is 0 Å². The zero-order valence-corrected chi connectivity index (χ0v) is 23.9. The number of hydrogen-bond acceptors (Lipinski definition) is 8. The van der Waals surface area contributed by atoms with Crippen molar-refractivity contribution in [1.82, 2.24) is 0 Å². The van der Waals surface area contributed by atoms with E-state index in [-0.39, 0.29) is 13.2 Å². The van der Waals surface area contributed by atoms with Gasteiger partial charge in [-0.2, -0.15) is 0 Å². The zero-order chi connectivity index (χ0) is 30.2. The Morgan fingerprint density at radius 1 is 0.500 bits per heavy atom. The van der Waals surface area contributed by atoms with Gasteiger partial charge in [-0.05, 0) is 87.0 Å². The quantitative estimate of drug-likeness (QED) is 0.163. The van der Waals surface area contributed by atoms with E-state index in [0.717, 1.165) is 21.9 Å². The fourth-order valence-electron chi connectivity index (χ4n) is 4.00. The van der Waals surface area contributed by atoms with Gasteiger partial charge in [-0.15, -0.1) is 0 Å². The van der Waals surface area contributed by atoms with Crippen molar-refractivity contribution in [2.75, 3.05) is 13.2 Å². The van der Waals surface area contributed by atoms with E-state index < -0.39 is 36.1 Å². The molecule has 0 amide bonds. The van der Waals surface area contributed by atoms with Crippen molar-refractivity contribution in [3.05, 3.63) is 118 Å². The largest absolute Gasteiger partial charge is 0.458 e. The summed E-state index contributed by atoms with van der Waals surface area (Å²) in [7, 11) is 0. The van der Waals surface area contributed by atoms with Crippen LogP contribution in [0.25, 0.3) is 10.8 Å². The molecule has 0 aliphatic carbocycles. The lowest BCUT2D eigenvalue weighted by Crippen LogP contribution is -2.22. The molecule has 0 heterocycles. The normalized spacial score (nSPS) is 12.2. The summed E-state index contributed by atoms with van der Waals surface area (Å²) in [5, 5.41) is 1.44. The van der Waals surface area contributed by atoms with E-state index in [1.165, 1.54) is 0 Å². The van der Waals surface area contributed by atoms with Gasteiger partial charge >= 0.3 is 23.9 Å². The van der Waals surface area contributed by atoms with Crippen LogP contribution >= 0.6 is 0 Å². The summed E-state index contributed by atoms with van der Waals surface area (Å²) in [5.41, 5.74) is 3.55. The Morgan fingerprint density at radius 3 is 1.29 bits per heavy atom. The van der Waals surface area contributed by atoms with Crippen molar-refractivity contribution in [1.29, 1.82) is 0 Å². The van der Waals surface area contributed by atoms with Gasteiger partial charge in [0.05, 0.1) is 22.3 Å². The average molecular weight is 569 g/mol. The molecule has 0 aromatic heterocycles. The van der Waals surface area contributed by atoms with E-state index in [9.17, 15) is 19.2 Å². The standard InChI is InChI=1S/C34H32O8/c1-21-5-9-25(10-6-21)31(35)39-19-24(4)42-34(38)30-16-14-27-17-29(15-13-28(27)18-30)32(36)40-20-23(3)41-33(37)26-11-7-22(2)8-12-26/h5-18,23-24H,19-20H2,1-4H3. The zero-order valence-electron chi connectivity index (χ0n) is 23.9. The molecule has 8 heteroatoms. The molecule has 0 bridgehead atoms. The first-order chi connectivity index (χ1) is 20.1. The molecule has 0 saturated carbocycles. The van der Waals surface area contributed by atoms with Gasteiger partial charge in [-0.25, -0.2) is 19.2 Å². The fourth-order valence-corrected chi connectivity index (χ4v) is 4.00. The summed E-state index contributed by atoms with van der Waals surface area (Å²) >= 11 is 0. The van der Waals surface area contributed by atoms with Crippen LogP contribution in [0.1, 0.15) is 66.4 Å². The molecule has 0 saturated heterocycles. The first kappa shape index (κ1) is 30.0. The second kappa shape index (κ2) is 13.6. The minimum atomic E-state index is -0.654. The number of aryl methyl sites for hydroxylation is 2. The topological polar surface area (TPSA) is 105 Å². The van der Waals surface area contributed by atoms with E-state index in [1.807, 2.05) is 38.1 Å². The lowest BCUT2D eigenvalue weighted by molar-refractivity contribution is 0.00446. The van der Waals surface area contributed by atoms with Crippen LogP contribution in [0.2, 0.25) is 0 Å². The van der Waals surface area contributed by atoms with Crippen molar-refractivity contribution in [3.8, 4) is 0 Å². The van der Waals surface area contributed by atoms with Crippen LogP contribution in [0.5, 0.6) is 0 Å². The van der Waals surface area contributed by atoms with Gasteiger partial charge in [0.1, 0.15) is 25.4 Å². The third kappa shape index (κ3) is 8.04. The van der Waals surface area contributed by atoms with Crippen LogP contribution < -0.4 is 0 Å². The number of carbonyl (C=O) groups is 4. The van der Waals surface area contributed by atoms with Crippen molar-refractivity contribution >= 4 is 34.6 Å².